The van der Waals surface area contributed by atoms with E-state index in [1.807, 2.05) is 0 Å². The molecule has 1 amide bonds. The van der Waals surface area contributed by atoms with E-state index in [1.165, 1.54) is 25.5 Å². The molecule has 2 aliphatic carbocycles. The minimum atomic E-state index is -0.504. The lowest BCUT2D eigenvalue weighted by Crippen LogP contribution is -2.33. The van der Waals surface area contributed by atoms with Crippen LogP contribution >= 0.6 is 0 Å². The number of nitrogens with zero attached hydrogens (tertiary/aromatic N) is 2. The van der Waals surface area contributed by atoms with Gasteiger partial charge in [0.15, 0.2) is 0 Å². The summed E-state index contributed by atoms with van der Waals surface area (Å²) in [7, 11) is 1.77. The molecule has 0 aliphatic heterocycles. The second kappa shape index (κ2) is 7.99. The number of nitrogens with two attached hydrogens (primary N) is 1. The molecule has 2 fully saturated rings. The molecule has 0 spiro atoms. The number of carbonyl (C=O) groups is 1. The molecule has 2 aliphatic rings. The van der Waals surface area contributed by atoms with E-state index < -0.39 is 5.91 Å². The summed E-state index contributed by atoms with van der Waals surface area (Å²) in [6, 6.07) is 0.606. The van der Waals surface area contributed by atoms with Gasteiger partial charge in [-0.05, 0) is 51.4 Å². The molecule has 2 saturated carbocycles. The van der Waals surface area contributed by atoms with Gasteiger partial charge in [-0.1, -0.05) is 6.42 Å². The van der Waals surface area contributed by atoms with Crippen LogP contribution in [0.4, 0.5) is 11.8 Å². The van der Waals surface area contributed by atoms with Crippen molar-refractivity contribution in [3.63, 3.8) is 0 Å². The predicted octanol–water partition coefficient (Wildman–Crippen LogP) is 2.55. The molecule has 25 heavy (non-hydrogen) atoms. The van der Waals surface area contributed by atoms with Gasteiger partial charge in [-0.25, -0.2) is 4.98 Å². The second-order valence-electron chi connectivity index (χ2n) is 7.30. The molecule has 138 valence electrons. The van der Waals surface area contributed by atoms with Crippen molar-refractivity contribution in [2.24, 2.45) is 11.7 Å². The number of amides is 1. The molecular formula is C18H29N5O2. The van der Waals surface area contributed by atoms with Crippen LogP contribution in [0.1, 0.15) is 62.2 Å². The van der Waals surface area contributed by atoms with Crippen molar-refractivity contribution in [3.8, 4) is 0 Å². The number of methoxy groups -OCH3 is 1. The predicted molar refractivity (Wildman–Crippen MR) is 97.7 cm³/mol. The molecule has 1 aromatic rings. The Balaban J connectivity index is 1.68. The number of aromatic nitrogens is 2. The Bertz CT molecular complexity index is 597. The molecule has 1 heterocycles. The van der Waals surface area contributed by atoms with Gasteiger partial charge >= 0.3 is 0 Å². The van der Waals surface area contributed by atoms with Crippen LogP contribution in [0.2, 0.25) is 0 Å². The summed E-state index contributed by atoms with van der Waals surface area (Å²) in [6.07, 6.45) is 9.74. The first-order valence-corrected chi connectivity index (χ1v) is 9.29. The van der Waals surface area contributed by atoms with Crippen molar-refractivity contribution in [1.29, 1.82) is 0 Å². The number of carbonyl (C=O) groups excluding carboxylic acids is 1. The normalized spacial score (nSPS) is 25.0. The van der Waals surface area contributed by atoms with Crippen LogP contribution in [-0.2, 0) is 4.74 Å². The van der Waals surface area contributed by atoms with Gasteiger partial charge < -0.3 is 21.1 Å². The van der Waals surface area contributed by atoms with Crippen LogP contribution in [0.5, 0.6) is 0 Å². The van der Waals surface area contributed by atoms with E-state index in [2.05, 4.69) is 27.5 Å². The lowest BCUT2D eigenvalue weighted by molar-refractivity contribution is 0.0681. The molecule has 4 N–H and O–H groups in total. The molecule has 0 saturated heterocycles. The van der Waals surface area contributed by atoms with E-state index >= 15 is 0 Å². The summed E-state index contributed by atoms with van der Waals surface area (Å²) in [5.41, 5.74) is 5.83. The first kappa shape index (κ1) is 17.9. The van der Waals surface area contributed by atoms with Gasteiger partial charge in [0.25, 0.3) is 5.91 Å². The summed E-state index contributed by atoms with van der Waals surface area (Å²) in [5.74, 6) is 1.22. The summed E-state index contributed by atoms with van der Waals surface area (Å²) < 4.78 is 5.41. The molecule has 7 heteroatoms. The summed E-state index contributed by atoms with van der Waals surface area (Å²) in [6.45, 7) is 2.13. The van der Waals surface area contributed by atoms with E-state index in [0.717, 1.165) is 25.7 Å². The highest BCUT2D eigenvalue weighted by Crippen LogP contribution is 2.31. The fourth-order valence-corrected chi connectivity index (χ4v) is 3.64. The van der Waals surface area contributed by atoms with Gasteiger partial charge in [0.1, 0.15) is 5.82 Å². The van der Waals surface area contributed by atoms with E-state index in [4.69, 9.17) is 10.5 Å². The Morgan fingerprint density at radius 1 is 1.28 bits per heavy atom. The average Bonchev–Trinajstić information content (AvgIpc) is 2.54. The minimum Gasteiger partial charge on any atom is -0.381 e. The molecule has 0 unspecified atom stereocenters. The third kappa shape index (κ3) is 4.39. The second-order valence-corrected chi connectivity index (χ2v) is 7.30. The van der Waals surface area contributed by atoms with Gasteiger partial charge in [-0.15, -0.1) is 0 Å². The lowest BCUT2D eigenvalue weighted by atomic mass is 9.80. The van der Waals surface area contributed by atoms with Crippen molar-refractivity contribution >= 4 is 17.7 Å². The Morgan fingerprint density at radius 2 is 2.00 bits per heavy atom. The number of ether oxygens (including phenoxy) is 1. The van der Waals surface area contributed by atoms with Gasteiger partial charge in [0.05, 0.1) is 11.7 Å². The lowest BCUT2D eigenvalue weighted by Gasteiger charge is -2.32. The van der Waals surface area contributed by atoms with E-state index in [1.54, 1.807) is 7.11 Å². The standard InChI is InChI=1S/C18H29N5O2/c1-11(12-4-3-5-12)21-17-15(16(19)24)10-20-18(23-17)22-13-6-8-14(25-2)9-7-13/h10-14H,3-9H2,1-2H3,(H2,19,24)(H2,20,21,22,23)/t11-,13?,14?/m0/s1. The largest absolute Gasteiger partial charge is 0.381 e. The SMILES string of the molecule is COC1CCC(Nc2ncc(C(N)=O)c(N[C@@H](C)C3CCC3)n2)CC1. The summed E-state index contributed by atoms with van der Waals surface area (Å²) in [4.78, 5) is 20.5. The van der Waals surface area contributed by atoms with E-state index in [9.17, 15) is 4.79 Å². The van der Waals surface area contributed by atoms with Gasteiger partial charge in [-0.2, -0.15) is 4.98 Å². The number of rotatable bonds is 7. The van der Waals surface area contributed by atoms with E-state index in [0.29, 0.717) is 35.4 Å². The fourth-order valence-electron chi connectivity index (χ4n) is 3.64. The van der Waals surface area contributed by atoms with Gasteiger partial charge in [-0.3, -0.25) is 4.79 Å². The Morgan fingerprint density at radius 3 is 2.56 bits per heavy atom. The van der Waals surface area contributed by atoms with Crippen molar-refractivity contribution in [3.05, 3.63) is 11.8 Å². The number of anilines is 2. The zero-order valence-corrected chi connectivity index (χ0v) is 15.1. The third-order valence-electron chi connectivity index (χ3n) is 5.62. The molecule has 0 aromatic carbocycles. The minimum absolute atomic E-state index is 0.270. The Kier molecular flexibility index (Phi) is 5.73. The average molecular weight is 347 g/mol. The van der Waals surface area contributed by atoms with Crippen LogP contribution < -0.4 is 16.4 Å². The van der Waals surface area contributed by atoms with Crippen LogP contribution in [0.25, 0.3) is 0 Å². The maximum atomic E-state index is 11.7. The molecule has 3 rings (SSSR count). The van der Waals surface area contributed by atoms with Crippen molar-refractivity contribution in [2.45, 2.75) is 70.1 Å². The Labute approximate surface area is 149 Å². The van der Waals surface area contributed by atoms with Crippen LogP contribution in [0.3, 0.4) is 0 Å². The van der Waals surface area contributed by atoms with Gasteiger partial charge in [0.2, 0.25) is 5.95 Å². The van der Waals surface area contributed by atoms with Crippen molar-refractivity contribution < 1.29 is 9.53 Å². The number of primary amides is 1. The van der Waals surface area contributed by atoms with Crippen LogP contribution in [-0.4, -0.2) is 41.2 Å². The topological polar surface area (TPSA) is 102 Å². The van der Waals surface area contributed by atoms with Crippen molar-refractivity contribution in [1.82, 2.24) is 9.97 Å². The van der Waals surface area contributed by atoms with Gasteiger partial charge in [0, 0.05) is 25.4 Å². The van der Waals surface area contributed by atoms with E-state index in [-0.39, 0.29) is 6.04 Å². The molecule has 1 atom stereocenters. The van der Waals surface area contributed by atoms with Crippen molar-refractivity contribution in [2.75, 3.05) is 17.7 Å². The monoisotopic (exact) mass is 347 g/mol. The van der Waals surface area contributed by atoms with Crippen LogP contribution in [0, 0.1) is 5.92 Å². The maximum Gasteiger partial charge on any atom is 0.254 e. The Hall–Kier alpha value is -1.89. The highest BCUT2D eigenvalue weighted by Gasteiger charge is 2.26. The highest BCUT2D eigenvalue weighted by atomic mass is 16.5. The molecule has 7 nitrogen and oxygen atoms in total. The zero-order chi connectivity index (χ0) is 17.8. The fraction of sp³-hybridized carbons (Fsp3) is 0.722. The maximum absolute atomic E-state index is 11.7. The number of hydrogen-bond acceptors (Lipinski definition) is 6. The zero-order valence-electron chi connectivity index (χ0n) is 15.1. The molecular weight excluding hydrogens is 318 g/mol. The first-order chi connectivity index (χ1) is 12.1. The molecule has 1 aromatic heterocycles. The molecule has 0 bridgehead atoms. The number of nitrogens with one attached hydrogen (secondary N) is 2. The first-order valence-electron chi connectivity index (χ1n) is 9.29. The smallest absolute Gasteiger partial charge is 0.254 e. The summed E-state index contributed by atoms with van der Waals surface area (Å²) >= 11 is 0. The van der Waals surface area contributed by atoms with Crippen LogP contribution in [0.15, 0.2) is 6.20 Å². The quantitative estimate of drug-likeness (QED) is 0.700. The third-order valence-corrected chi connectivity index (χ3v) is 5.62. The number of hydrogen-bond donors (Lipinski definition) is 3. The summed E-state index contributed by atoms with van der Waals surface area (Å²) in [5, 5.41) is 6.77. The highest BCUT2D eigenvalue weighted by molar-refractivity contribution is 5.97. The molecule has 0 radical (unpaired) electrons.